The SMILES string of the molecule is COc1cc(C=CC(=O)CC(=O)CCCC(CCC2(O)CCCC2)CC2C3CCNCC3CC3C=CCNC32)c(CC2=CNC(N)C=C2CCc2cccc(CCc3ccccc3)c2)cc1O. The number of hydrogen-bond acceptors (Lipinski definition) is 9. The molecule has 0 bridgehead atoms. The van der Waals surface area contributed by atoms with Crippen LogP contribution in [0.5, 0.6) is 11.5 Å². The van der Waals surface area contributed by atoms with Crippen molar-refractivity contribution in [2.75, 3.05) is 26.7 Å². The molecule has 7 N–H and O–H groups in total. The van der Waals surface area contributed by atoms with Crippen molar-refractivity contribution in [1.29, 1.82) is 0 Å². The molecule has 2 aliphatic carbocycles. The number of aliphatic hydroxyl groups is 1. The molecule has 2 saturated carbocycles. The Kier molecular flexibility index (Phi) is 17.0. The summed E-state index contributed by atoms with van der Waals surface area (Å²) in [4.78, 5) is 26.9. The molecule has 3 fully saturated rings. The number of aryl methyl sites for hydroxylation is 3. The summed E-state index contributed by atoms with van der Waals surface area (Å²) in [5, 5.41) is 33.1. The van der Waals surface area contributed by atoms with Gasteiger partial charge in [0.25, 0.3) is 0 Å². The van der Waals surface area contributed by atoms with Crippen LogP contribution in [0.1, 0.15) is 118 Å². The normalized spacial score (nSPS) is 24.8. The van der Waals surface area contributed by atoms with Gasteiger partial charge in [0.05, 0.1) is 25.3 Å². The third-order valence-corrected chi connectivity index (χ3v) is 15.9. The highest BCUT2D eigenvalue weighted by Crippen LogP contribution is 2.47. The maximum atomic E-state index is 13.4. The number of ether oxygens (including phenoxy) is 1. The van der Waals surface area contributed by atoms with Crippen LogP contribution < -0.4 is 26.4 Å². The average Bonchev–Trinajstić information content (AvgIpc) is 3.78. The van der Waals surface area contributed by atoms with Crippen molar-refractivity contribution in [3.05, 3.63) is 136 Å². The molecular formula is C58H76N4O5. The molecule has 9 nitrogen and oxygen atoms in total. The molecule has 0 spiro atoms. The van der Waals surface area contributed by atoms with Crippen LogP contribution in [0.4, 0.5) is 0 Å². The van der Waals surface area contributed by atoms with E-state index in [-0.39, 0.29) is 29.9 Å². The number of piperidine rings is 1. The number of fused-ring (bicyclic) bond motifs is 2. The molecule has 8 rings (SSSR count). The Morgan fingerprint density at radius 3 is 2.54 bits per heavy atom. The van der Waals surface area contributed by atoms with Gasteiger partial charge in [0.15, 0.2) is 17.3 Å². The zero-order valence-electron chi connectivity index (χ0n) is 39.9. The van der Waals surface area contributed by atoms with Gasteiger partial charge in [0.1, 0.15) is 5.78 Å². The molecule has 3 aromatic carbocycles. The number of aromatic hydroxyl groups is 1. The number of nitrogens with one attached hydrogen (secondary N) is 3. The van der Waals surface area contributed by atoms with Crippen molar-refractivity contribution in [2.24, 2.45) is 35.3 Å². The van der Waals surface area contributed by atoms with E-state index in [1.165, 1.54) is 42.7 Å². The van der Waals surface area contributed by atoms with Gasteiger partial charge in [-0.15, -0.1) is 0 Å². The Balaban J connectivity index is 0.875. The van der Waals surface area contributed by atoms with Crippen LogP contribution in [0, 0.1) is 29.6 Å². The number of carbonyl (C=O) groups excluding carboxylic acids is 2. The number of ketones is 2. The lowest BCUT2D eigenvalue weighted by atomic mass is 9.59. The highest BCUT2D eigenvalue weighted by Gasteiger charge is 2.45. The molecule has 7 unspecified atom stereocenters. The van der Waals surface area contributed by atoms with E-state index in [2.05, 4.69) is 88.8 Å². The first-order valence-electron chi connectivity index (χ1n) is 25.6. The van der Waals surface area contributed by atoms with Crippen LogP contribution in [-0.4, -0.2) is 66.3 Å². The molecule has 358 valence electrons. The summed E-state index contributed by atoms with van der Waals surface area (Å²) < 4.78 is 5.49. The number of Topliss-reactive ketones (excluding diaryl/α,β-unsaturated/α-hetero) is 1. The molecule has 0 amide bonds. The summed E-state index contributed by atoms with van der Waals surface area (Å²) in [6.07, 6.45) is 27.3. The van der Waals surface area contributed by atoms with E-state index in [1.807, 2.05) is 6.20 Å². The van der Waals surface area contributed by atoms with Gasteiger partial charge in [-0.3, -0.25) is 9.59 Å². The maximum absolute atomic E-state index is 13.4. The molecule has 7 atom stereocenters. The molecule has 0 aromatic heterocycles. The summed E-state index contributed by atoms with van der Waals surface area (Å²) in [5.74, 6) is 3.08. The van der Waals surface area contributed by atoms with Gasteiger partial charge in [0, 0.05) is 25.2 Å². The topological polar surface area (TPSA) is 146 Å². The lowest BCUT2D eigenvalue weighted by Gasteiger charge is -2.51. The van der Waals surface area contributed by atoms with Crippen molar-refractivity contribution in [2.45, 2.75) is 133 Å². The first kappa shape index (κ1) is 48.6. The Hall–Kier alpha value is -4.80. The second-order valence-corrected chi connectivity index (χ2v) is 20.6. The Bertz CT molecular complexity index is 2260. The van der Waals surface area contributed by atoms with Gasteiger partial charge in [-0.1, -0.05) is 92.1 Å². The van der Waals surface area contributed by atoms with Crippen molar-refractivity contribution in [3.63, 3.8) is 0 Å². The molecule has 9 heteroatoms. The minimum atomic E-state index is -0.542. The minimum Gasteiger partial charge on any atom is -0.504 e. The van der Waals surface area contributed by atoms with E-state index in [4.69, 9.17) is 10.5 Å². The summed E-state index contributed by atoms with van der Waals surface area (Å²) in [5.41, 5.74) is 13.5. The van der Waals surface area contributed by atoms with E-state index in [0.29, 0.717) is 54.2 Å². The zero-order valence-corrected chi connectivity index (χ0v) is 39.9. The quantitative estimate of drug-likeness (QED) is 0.0330. The second-order valence-electron chi connectivity index (χ2n) is 20.6. The number of phenols is 1. The van der Waals surface area contributed by atoms with Gasteiger partial charge in [-0.25, -0.2) is 0 Å². The number of rotatable bonds is 22. The Labute approximate surface area is 399 Å². The maximum Gasteiger partial charge on any atom is 0.163 e. The summed E-state index contributed by atoms with van der Waals surface area (Å²) in [6.45, 7) is 3.13. The van der Waals surface area contributed by atoms with Gasteiger partial charge < -0.3 is 36.6 Å². The molecule has 0 radical (unpaired) electrons. The predicted molar refractivity (Wildman–Crippen MR) is 270 cm³/mol. The third kappa shape index (κ3) is 13.5. The van der Waals surface area contributed by atoms with Gasteiger partial charge in [0.2, 0.25) is 0 Å². The van der Waals surface area contributed by atoms with Crippen molar-refractivity contribution < 1.29 is 24.5 Å². The minimum absolute atomic E-state index is 0.0245. The number of methoxy groups -OCH3 is 1. The molecular weight excluding hydrogens is 833 g/mol. The smallest absolute Gasteiger partial charge is 0.163 e. The summed E-state index contributed by atoms with van der Waals surface area (Å²) in [6, 6.07) is 23.4. The van der Waals surface area contributed by atoms with Crippen molar-refractivity contribution >= 4 is 17.6 Å². The molecule has 1 saturated heterocycles. The molecule has 5 aliphatic rings. The Morgan fingerprint density at radius 1 is 0.955 bits per heavy atom. The number of carbonyl (C=O) groups is 2. The lowest BCUT2D eigenvalue weighted by molar-refractivity contribution is -0.124. The highest BCUT2D eigenvalue weighted by atomic mass is 16.5. The van der Waals surface area contributed by atoms with Gasteiger partial charge in [-0.2, -0.15) is 0 Å². The van der Waals surface area contributed by atoms with E-state index in [0.717, 1.165) is 125 Å². The van der Waals surface area contributed by atoms with Crippen molar-refractivity contribution in [3.8, 4) is 11.5 Å². The van der Waals surface area contributed by atoms with Crippen LogP contribution in [0.15, 0.2) is 108 Å². The zero-order chi connectivity index (χ0) is 46.6. The van der Waals surface area contributed by atoms with E-state index < -0.39 is 5.60 Å². The molecule has 3 aliphatic heterocycles. The molecule has 67 heavy (non-hydrogen) atoms. The fourth-order valence-corrected chi connectivity index (χ4v) is 12.3. The van der Waals surface area contributed by atoms with Crippen LogP contribution in [-0.2, 0) is 35.3 Å². The first-order valence-corrected chi connectivity index (χ1v) is 25.6. The Morgan fingerprint density at radius 2 is 1.73 bits per heavy atom. The number of dihydropyridines is 1. The van der Waals surface area contributed by atoms with Crippen LogP contribution >= 0.6 is 0 Å². The van der Waals surface area contributed by atoms with Crippen molar-refractivity contribution in [1.82, 2.24) is 16.0 Å². The molecule has 3 heterocycles. The van der Waals surface area contributed by atoms with E-state index >= 15 is 0 Å². The van der Waals surface area contributed by atoms with E-state index in [1.54, 1.807) is 18.2 Å². The largest absolute Gasteiger partial charge is 0.504 e. The third-order valence-electron chi connectivity index (χ3n) is 15.9. The highest BCUT2D eigenvalue weighted by molar-refractivity contribution is 6.06. The predicted octanol–water partition coefficient (Wildman–Crippen LogP) is 9.25. The summed E-state index contributed by atoms with van der Waals surface area (Å²) >= 11 is 0. The lowest BCUT2D eigenvalue weighted by Crippen LogP contribution is -2.56. The second kappa shape index (κ2) is 23.5. The van der Waals surface area contributed by atoms with Crippen LogP contribution in [0.25, 0.3) is 6.08 Å². The van der Waals surface area contributed by atoms with E-state index in [9.17, 15) is 19.8 Å². The fraction of sp³-hybridized carbons (Fsp3) is 0.517. The number of benzene rings is 3. The molecule has 3 aromatic rings. The number of hydrogen-bond donors (Lipinski definition) is 6. The standard InChI is InChI=1S/C58H76N4O5/c1-67-55-35-44(47(34-54(55)65)33-48-39-62-56(59)36-45(48)20-19-42-13-7-12-41(30-42)18-17-40-10-3-2-4-11-40)21-22-51(64)37-50(63)16-8-14-43(23-27-58(66)25-5-6-26-58)31-53-52-24-29-60-38-49(52)32-46-15-9-28-61-57(46)53/h2-4,7,9-13,15,21-22,30,34-36,39,43,46,49,52-53,56-57,60-62,65-66H,5-6,8,14,16-20,23-29,31-33,37-38,59H2,1H3. The monoisotopic (exact) mass is 909 g/mol. The van der Waals surface area contributed by atoms with Crippen LogP contribution in [0.3, 0.4) is 0 Å². The fourth-order valence-electron chi connectivity index (χ4n) is 12.3. The first-order chi connectivity index (χ1) is 32.6. The van der Waals surface area contributed by atoms with Crippen LogP contribution in [0.2, 0.25) is 0 Å². The summed E-state index contributed by atoms with van der Waals surface area (Å²) in [7, 11) is 1.51. The van der Waals surface area contributed by atoms with Gasteiger partial charge in [-0.05, 0) is 189 Å². The number of phenolic OH excluding ortho intramolecular Hbond substituents is 1. The van der Waals surface area contributed by atoms with Gasteiger partial charge >= 0.3 is 0 Å². The number of allylic oxidation sites excluding steroid dienone is 3. The number of nitrogens with two attached hydrogens (primary N) is 1. The average molecular weight is 909 g/mol.